The van der Waals surface area contributed by atoms with Gasteiger partial charge in [-0.05, 0) is 24.3 Å². The number of furan rings is 1. The predicted octanol–water partition coefficient (Wildman–Crippen LogP) is -0.0977. The third-order valence-corrected chi connectivity index (χ3v) is 4.01. The highest BCUT2D eigenvalue weighted by molar-refractivity contribution is 5.14. The zero-order valence-corrected chi connectivity index (χ0v) is 11.6. The van der Waals surface area contributed by atoms with Gasteiger partial charge in [-0.15, -0.1) is 0 Å². The van der Waals surface area contributed by atoms with Crippen LogP contribution >= 0.6 is 0 Å². The molecule has 0 bridgehead atoms. The maximum Gasteiger partial charge on any atom is 0.157 e. The Morgan fingerprint density at radius 1 is 0.950 bits per heavy atom. The molecular formula is C16H21FN2O+2. The molecule has 1 aromatic carbocycles. The molecule has 2 aromatic rings. The highest BCUT2D eigenvalue weighted by atomic mass is 19.1. The topological polar surface area (TPSA) is 22.0 Å². The van der Waals surface area contributed by atoms with Crippen LogP contribution in [0, 0.1) is 5.82 Å². The summed E-state index contributed by atoms with van der Waals surface area (Å²) < 4.78 is 18.6. The first-order valence-corrected chi connectivity index (χ1v) is 7.23. The highest BCUT2D eigenvalue weighted by Gasteiger charge is 2.23. The van der Waals surface area contributed by atoms with Crippen LogP contribution in [0.25, 0.3) is 0 Å². The lowest BCUT2D eigenvalue weighted by atomic mass is 10.2. The van der Waals surface area contributed by atoms with Crippen LogP contribution in [0.15, 0.2) is 47.1 Å². The second kappa shape index (κ2) is 6.20. The lowest BCUT2D eigenvalue weighted by molar-refractivity contribution is -1.02. The third kappa shape index (κ3) is 3.46. The Morgan fingerprint density at radius 2 is 1.70 bits per heavy atom. The summed E-state index contributed by atoms with van der Waals surface area (Å²) in [4.78, 5) is 3.11. The lowest BCUT2D eigenvalue weighted by Crippen LogP contribution is -3.27. The summed E-state index contributed by atoms with van der Waals surface area (Å²) in [7, 11) is 0. The summed E-state index contributed by atoms with van der Waals surface area (Å²) in [6.07, 6.45) is 1.74. The van der Waals surface area contributed by atoms with Crippen LogP contribution in [0.5, 0.6) is 0 Å². The third-order valence-electron chi connectivity index (χ3n) is 4.01. The van der Waals surface area contributed by atoms with E-state index in [1.807, 2.05) is 18.2 Å². The lowest BCUT2D eigenvalue weighted by Gasteiger charge is -2.29. The van der Waals surface area contributed by atoms with Gasteiger partial charge in [-0.2, -0.15) is 0 Å². The molecule has 1 fully saturated rings. The minimum absolute atomic E-state index is 0.135. The summed E-state index contributed by atoms with van der Waals surface area (Å²) in [6, 6.07) is 10.9. The van der Waals surface area contributed by atoms with E-state index in [1.165, 1.54) is 6.07 Å². The van der Waals surface area contributed by atoms with Gasteiger partial charge in [0.05, 0.1) is 6.26 Å². The molecule has 2 heterocycles. The standard InChI is InChI=1S/C16H19FN2O/c17-15-4-1-3-14(11-15)12-18-6-8-19(9-7-18)13-16-5-2-10-20-16/h1-5,10-11H,6-9,12-13H2/p+2. The van der Waals surface area contributed by atoms with Gasteiger partial charge in [0.25, 0.3) is 0 Å². The number of hydrogen-bond donors (Lipinski definition) is 2. The van der Waals surface area contributed by atoms with Crippen molar-refractivity contribution in [3.8, 4) is 0 Å². The van der Waals surface area contributed by atoms with Crippen molar-refractivity contribution in [2.24, 2.45) is 0 Å². The fraction of sp³-hybridized carbons (Fsp3) is 0.375. The van der Waals surface area contributed by atoms with Crippen molar-refractivity contribution in [2.45, 2.75) is 13.1 Å². The van der Waals surface area contributed by atoms with Gasteiger partial charge < -0.3 is 14.2 Å². The summed E-state index contributed by atoms with van der Waals surface area (Å²) >= 11 is 0. The van der Waals surface area contributed by atoms with Crippen molar-refractivity contribution in [3.05, 3.63) is 59.8 Å². The minimum atomic E-state index is -0.135. The molecule has 0 radical (unpaired) electrons. The SMILES string of the molecule is Fc1cccc(C[NH+]2CC[NH+](Cc3ccco3)CC2)c1. The second-order valence-corrected chi connectivity index (χ2v) is 5.56. The van der Waals surface area contributed by atoms with E-state index in [9.17, 15) is 4.39 Å². The first-order chi connectivity index (χ1) is 9.79. The maximum atomic E-state index is 13.2. The number of piperazine rings is 1. The van der Waals surface area contributed by atoms with Crippen LogP contribution in [0.1, 0.15) is 11.3 Å². The van der Waals surface area contributed by atoms with E-state index in [-0.39, 0.29) is 5.82 Å². The van der Waals surface area contributed by atoms with E-state index in [4.69, 9.17) is 4.42 Å². The fourth-order valence-corrected chi connectivity index (χ4v) is 2.91. The highest BCUT2D eigenvalue weighted by Crippen LogP contribution is 2.01. The number of rotatable bonds is 4. The average molecular weight is 276 g/mol. The van der Waals surface area contributed by atoms with Crippen LogP contribution in [0.3, 0.4) is 0 Å². The van der Waals surface area contributed by atoms with Gasteiger partial charge >= 0.3 is 0 Å². The van der Waals surface area contributed by atoms with Crippen molar-refractivity contribution in [1.29, 1.82) is 0 Å². The van der Waals surface area contributed by atoms with Crippen LogP contribution in [0.2, 0.25) is 0 Å². The Kier molecular flexibility index (Phi) is 4.14. The molecule has 0 unspecified atom stereocenters. The first kappa shape index (κ1) is 13.3. The molecule has 0 amide bonds. The largest absolute Gasteiger partial charge is 0.463 e. The monoisotopic (exact) mass is 276 g/mol. The van der Waals surface area contributed by atoms with Crippen LogP contribution in [-0.2, 0) is 13.1 Å². The Hall–Kier alpha value is -1.65. The Labute approximate surface area is 118 Å². The molecule has 1 aliphatic heterocycles. The number of benzene rings is 1. The quantitative estimate of drug-likeness (QED) is 0.800. The molecule has 20 heavy (non-hydrogen) atoms. The average Bonchev–Trinajstić information content (AvgIpc) is 2.94. The molecule has 0 spiro atoms. The van der Waals surface area contributed by atoms with Gasteiger partial charge in [-0.25, -0.2) is 4.39 Å². The molecule has 2 N–H and O–H groups in total. The van der Waals surface area contributed by atoms with Crippen LogP contribution < -0.4 is 9.80 Å². The van der Waals surface area contributed by atoms with E-state index in [1.54, 1.807) is 28.2 Å². The van der Waals surface area contributed by atoms with Gasteiger partial charge in [-0.3, -0.25) is 0 Å². The number of nitrogens with one attached hydrogen (secondary N) is 2. The fourth-order valence-electron chi connectivity index (χ4n) is 2.91. The van der Waals surface area contributed by atoms with Crippen molar-refractivity contribution in [2.75, 3.05) is 26.2 Å². The van der Waals surface area contributed by atoms with E-state index < -0.39 is 0 Å². The first-order valence-electron chi connectivity index (χ1n) is 7.23. The van der Waals surface area contributed by atoms with Crippen molar-refractivity contribution in [3.63, 3.8) is 0 Å². The van der Waals surface area contributed by atoms with E-state index >= 15 is 0 Å². The van der Waals surface area contributed by atoms with Gasteiger partial charge in [0.2, 0.25) is 0 Å². The van der Waals surface area contributed by atoms with E-state index in [0.29, 0.717) is 0 Å². The van der Waals surface area contributed by atoms with E-state index in [2.05, 4.69) is 0 Å². The van der Waals surface area contributed by atoms with Crippen molar-refractivity contribution >= 4 is 0 Å². The molecule has 0 saturated carbocycles. The molecule has 106 valence electrons. The maximum absolute atomic E-state index is 13.2. The number of halogens is 1. The molecule has 1 saturated heterocycles. The molecule has 3 nitrogen and oxygen atoms in total. The molecule has 0 aliphatic carbocycles. The summed E-state index contributed by atoms with van der Waals surface area (Å²) in [5.41, 5.74) is 1.09. The number of hydrogen-bond acceptors (Lipinski definition) is 1. The Balaban J connectivity index is 1.48. The van der Waals surface area contributed by atoms with E-state index in [0.717, 1.165) is 50.6 Å². The molecule has 1 aliphatic rings. The molecule has 0 atom stereocenters. The summed E-state index contributed by atoms with van der Waals surface area (Å²) in [6.45, 7) is 6.45. The second-order valence-electron chi connectivity index (χ2n) is 5.56. The molecule has 4 heteroatoms. The zero-order chi connectivity index (χ0) is 13.8. The Bertz CT molecular complexity index is 533. The van der Waals surface area contributed by atoms with Crippen LogP contribution in [0.4, 0.5) is 4.39 Å². The van der Waals surface area contributed by atoms with Gasteiger partial charge in [0, 0.05) is 5.56 Å². The summed E-state index contributed by atoms with van der Waals surface area (Å²) in [5, 5.41) is 0. The van der Waals surface area contributed by atoms with Crippen LogP contribution in [-0.4, -0.2) is 26.2 Å². The van der Waals surface area contributed by atoms with Gasteiger partial charge in [0.15, 0.2) is 5.76 Å². The molecule has 3 rings (SSSR count). The minimum Gasteiger partial charge on any atom is -0.463 e. The van der Waals surface area contributed by atoms with Crippen molar-refractivity contribution in [1.82, 2.24) is 0 Å². The zero-order valence-electron chi connectivity index (χ0n) is 11.6. The molecular weight excluding hydrogens is 255 g/mol. The van der Waals surface area contributed by atoms with Gasteiger partial charge in [0.1, 0.15) is 45.1 Å². The Morgan fingerprint density at radius 3 is 2.35 bits per heavy atom. The number of quaternary nitrogens is 2. The smallest absolute Gasteiger partial charge is 0.157 e. The molecule has 1 aromatic heterocycles. The van der Waals surface area contributed by atoms with Gasteiger partial charge in [-0.1, -0.05) is 12.1 Å². The van der Waals surface area contributed by atoms with Crippen molar-refractivity contribution < 1.29 is 18.6 Å². The predicted molar refractivity (Wildman–Crippen MR) is 73.9 cm³/mol. The normalized spacial score (nSPS) is 22.9. The summed E-state index contributed by atoms with van der Waals surface area (Å²) in [5.74, 6) is 0.928.